The third-order valence-corrected chi connectivity index (χ3v) is 2.61. The summed E-state index contributed by atoms with van der Waals surface area (Å²) in [6.45, 7) is 0.912. The van der Waals surface area contributed by atoms with E-state index in [2.05, 4.69) is 10.3 Å². The molecule has 0 radical (unpaired) electrons. The maximum absolute atomic E-state index is 11.5. The van der Waals surface area contributed by atoms with E-state index in [1.807, 2.05) is 12.1 Å². The average molecular weight is 253 g/mol. The van der Waals surface area contributed by atoms with Crippen molar-refractivity contribution in [2.45, 2.75) is 6.42 Å². The maximum atomic E-state index is 11.5. The van der Waals surface area contributed by atoms with Gasteiger partial charge >= 0.3 is 0 Å². The number of amides is 1. The van der Waals surface area contributed by atoms with Crippen LogP contribution in [-0.2, 0) is 11.2 Å². The first kappa shape index (κ1) is 11.9. The largest absolute Gasteiger partial charge is 0.354 e. The fraction of sp³-hybridized carbons (Fsp3) is 0.273. The molecular formula is C11H13ClN4O. The monoisotopic (exact) mass is 252 g/mol. The highest BCUT2D eigenvalue weighted by Crippen LogP contribution is 2.13. The van der Waals surface area contributed by atoms with Crippen molar-refractivity contribution in [2.75, 3.05) is 13.1 Å². The number of hydrogen-bond acceptors (Lipinski definition) is 3. The van der Waals surface area contributed by atoms with Gasteiger partial charge < -0.3 is 11.1 Å². The normalized spacial score (nSPS) is 10.7. The molecule has 5 nitrogen and oxygen atoms in total. The van der Waals surface area contributed by atoms with Crippen molar-refractivity contribution in [3.63, 3.8) is 0 Å². The molecule has 0 aliphatic heterocycles. The van der Waals surface area contributed by atoms with Crippen LogP contribution in [0.4, 0.5) is 0 Å². The van der Waals surface area contributed by atoms with E-state index in [4.69, 9.17) is 17.3 Å². The minimum Gasteiger partial charge on any atom is -0.354 e. The Bertz CT molecular complexity index is 537. The highest BCUT2D eigenvalue weighted by atomic mass is 35.5. The molecule has 0 atom stereocenters. The summed E-state index contributed by atoms with van der Waals surface area (Å²) in [6, 6.07) is 5.44. The number of nitrogens with one attached hydrogen (secondary N) is 1. The van der Waals surface area contributed by atoms with Crippen LogP contribution in [0.2, 0.25) is 5.15 Å². The third-order valence-electron chi connectivity index (χ3n) is 2.30. The molecule has 0 bridgehead atoms. The summed E-state index contributed by atoms with van der Waals surface area (Å²) in [6.07, 6.45) is 2.00. The lowest BCUT2D eigenvalue weighted by molar-refractivity contribution is -0.120. The second kappa shape index (κ2) is 5.16. The summed E-state index contributed by atoms with van der Waals surface area (Å²) >= 11 is 6.00. The summed E-state index contributed by atoms with van der Waals surface area (Å²) in [7, 11) is 0. The molecule has 0 unspecified atom stereocenters. The first-order valence-electron chi connectivity index (χ1n) is 5.30. The number of hydrogen-bond donors (Lipinski definition) is 2. The molecule has 0 aliphatic rings. The van der Waals surface area contributed by atoms with E-state index in [9.17, 15) is 4.79 Å². The average Bonchev–Trinajstić information content (AvgIpc) is 2.70. The Morgan fingerprint density at radius 2 is 2.35 bits per heavy atom. The lowest BCUT2D eigenvalue weighted by Gasteiger charge is -2.00. The van der Waals surface area contributed by atoms with Gasteiger partial charge in [0.05, 0.1) is 12.1 Å². The second-order valence-electron chi connectivity index (χ2n) is 3.62. The van der Waals surface area contributed by atoms with Crippen LogP contribution in [0.1, 0.15) is 5.69 Å². The predicted octanol–water partition coefficient (Wildman–Crippen LogP) is 0.605. The van der Waals surface area contributed by atoms with Crippen molar-refractivity contribution >= 4 is 23.2 Å². The van der Waals surface area contributed by atoms with Crippen molar-refractivity contribution in [1.29, 1.82) is 0 Å². The van der Waals surface area contributed by atoms with Crippen molar-refractivity contribution in [3.05, 3.63) is 35.2 Å². The summed E-state index contributed by atoms with van der Waals surface area (Å²) in [5.41, 5.74) is 6.72. The molecule has 0 fully saturated rings. The molecule has 0 aromatic carbocycles. The van der Waals surface area contributed by atoms with Crippen LogP contribution in [-0.4, -0.2) is 28.4 Å². The van der Waals surface area contributed by atoms with Gasteiger partial charge in [-0.05, 0) is 12.1 Å². The number of aromatic nitrogens is 2. The van der Waals surface area contributed by atoms with Crippen LogP contribution in [0.3, 0.4) is 0 Å². The zero-order valence-electron chi connectivity index (χ0n) is 9.19. The molecule has 2 heterocycles. The van der Waals surface area contributed by atoms with Crippen molar-refractivity contribution in [3.8, 4) is 0 Å². The topological polar surface area (TPSA) is 72.4 Å². The number of halogens is 1. The van der Waals surface area contributed by atoms with Gasteiger partial charge in [-0.1, -0.05) is 17.7 Å². The van der Waals surface area contributed by atoms with Crippen LogP contribution in [0.15, 0.2) is 24.4 Å². The number of nitrogens with zero attached hydrogens (tertiary/aromatic N) is 2. The van der Waals surface area contributed by atoms with Gasteiger partial charge in [0.1, 0.15) is 10.8 Å². The zero-order chi connectivity index (χ0) is 12.3. The highest BCUT2D eigenvalue weighted by Gasteiger charge is 2.08. The van der Waals surface area contributed by atoms with Gasteiger partial charge in [0.2, 0.25) is 5.91 Å². The van der Waals surface area contributed by atoms with Crippen molar-refractivity contribution in [1.82, 2.24) is 14.7 Å². The molecule has 3 N–H and O–H groups in total. The van der Waals surface area contributed by atoms with Gasteiger partial charge in [-0.3, -0.25) is 9.20 Å². The number of carbonyl (C=O) groups excluding carboxylic acids is 1. The molecule has 0 spiro atoms. The van der Waals surface area contributed by atoms with E-state index in [0.29, 0.717) is 23.9 Å². The maximum Gasteiger partial charge on any atom is 0.226 e. The zero-order valence-corrected chi connectivity index (χ0v) is 9.94. The highest BCUT2D eigenvalue weighted by molar-refractivity contribution is 6.29. The van der Waals surface area contributed by atoms with E-state index in [1.54, 1.807) is 16.7 Å². The second-order valence-corrected chi connectivity index (χ2v) is 4.01. The Kier molecular flexibility index (Phi) is 3.61. The smallest absolute Gasteiger partial charge is 0.226 e. The molecule has 90 valence electrons. The summed E-state index contributed by atoms with van der Waals surface area (Å²) < 4.78 is 1.74. The summed E-state index contributed by atoms with van der Waals surface area (Å²) in [5.74, 6) is -0.0880. The Morgan fingerprint density at radius 3 is 3.06 bits per heavy atom. The molecule has 1 amide bonds. The van der Waals surface area contributed by atoms with Crippen LogP contribution >= 0.6 is 11.6 Å². The first-order valence-corrected chi connectivity index (χ1v) is 5.68. The van der Waals surface area contributed by atoms with E-state index in [0.717, 1.165) is 5.65 Å². The minimum atomic E-state index is -0.0880. The minimum absolute atomic E-state index is 0.0880. The number of fused-ring (bicyclic) bond motifs is 1. The Hall–Kier alpha value is -1.59. The molecule has 17 heavy (non-hydrogen) atoms. The van der Waals surface area contributed by atoms with Gasteiger partial charge in [-0.25, -0.2) is 4.98 Å². The van der Waals surface area contributed by atoms with Gasteiger partial charge in [0, 0.05) is 19.3 Å². The summed E-state index contributed by atoms with van der Waals surface area (Å²) in [5, 5.41) is 3.27. The van der Waals surface area contributed by atoms with E-state index < -0.39 is 0 Å². The first-order chi connectivity index (χ1) is 8.20. The molecule has 6 heteroatoms. The SMILES string of the molecule is NCCNC(=O)Cc1cn2c(Cl)cccc2n1. The lowest BCUT2D eigenvalue weighted by atomic mass is 10.3. The number of carbonyl (C=O) groups is 1. The van der Waals surface area contributed by atoms with Crippen molar-refractivity contribution in [2.24, 2.45) is 5.73 Å². The third kappa shape index (κ3) is 2.75. The molecule has 2 rings (SSSR count). The van der Waals surface area contributed by atoms with Crippen LogP contribution in [0, 0.1) is 0 Å². The van der Waals surface area contributed by atoms with Gasteiger partial charge in [0.15, 0.2) is 0 Å². The summed E-state index contributed by atoms with van der Waals surface area (Å²) in [4.78, 5) is 15.8. The van der Waals surface area contributed by atoms with Crippen LogP contribution in [0.25, 0.3) is 5.65 Å². The van der Waals surface area contributed by atoms with Gasteiger partial charge in [-0.2, -0.15) is 0 Å². The molecule has 2 aromatic heterocycles. The number of rotatable bonds is 4. The van der Waals surface area contributed by atoms with Gasteiger partial charge in [-0.15, -0.1) is 0 Å². The molecular weight excluding hydrogens is 240 g/mol. The van der Waals surface area contributed by atoms with E-state index in [1.165, 1.54) is 0 Å². The number of nitrogens with two attached hydrogens (primary N) is 1. The fourth-order valence-corrected chi connectivity index (χ4v) is 1.76. The standard InChI is InChI=1S/C11H13ClN4O/c12-9-2-1-3-10-15-8(7-16(9)10)6-11(17)14-5-4-13/h1-3,7H,4-6,13H2,(H,14,17). The molecule has 0 aliphatic carbocycles. The molecule has 0 saturated carbocycles. The number of pyridine rings is 1. The Balaban J connectivity index is 2.14. The Labute approximate surface area is 104 Å². The predicted molar refractivity (Wildman–Crippen MR) is 66.0 cm³/mol. The molecule has 0 saturated heterocycles. The van der Waals surface area contributed by atoms with E-state index >= 15 is 0 Å². The Morgan fingerprint density at radius 1 is 1.53 bits per heavy atom. The molecule has 2 aromatic rings. The van der Waals surface area contributed by atoms with Crippen LogP contribution < -0.4 is 11.1 Å². The van der Waals surface area contributed by atoms with Crippen LogP contribution in [0.5, 0.6) is 0 Å². The van der Waals surface area contributed by atoms with Crippen molar-refractivity contribution < 1.29 is 4.79 Å². The lowest BCUT2D eigenvalue weighted by Crippen LogP contribution is -2.30. The van der Waals surface area contributed by atoms with E-state index in [-0.39, 0.29) is 12.3 Å². The fourth-order valence-electron chi connectivity index (χ4n) is 1.55. The van der Waals surface area contributed by atoms with Gasteiger partial charge in [0.25, 0.3) is 0 Å². The number of imidazole rings is 1. The quantitative estimate of drug-likeness (QED) is 0.783.